The molecule has 1 amide bonds. The van der Waals surface area contributed by atoms with Crippen LogP contribution >= 0.6 is 0 Å². The van der Waals surface area contributed by atoms with Crippen molar-refractivity contribution < 1.29 is 9.59 Å². The summed E-state index contributed by atoms with van der Waals surface area (Å²) in [6.07, 6.45) is 48.0. The van der Waals surface area contributed by atoms with E-state index >= 15 is 0 Å². The third-order valence-corrected chi connectivity index (χ3v) is 10.4. The summed E-state index contributed by atoms with van der Waals surface area (Å²) in [5.41, 5.74) is 5.59. The molecular weight excluding hydrogens is 550 g/mol. The third-order valence-electron chi connectivity index (χ3n) is 10.4. The molecule has 0 aromatic heterocycles. The summed E-state index contributed by atoms with van der Waals surface area (Å²) in [5, 5.41) is 0. The fourth-order valence-electron chi connectivity index (χ4n) is 7.40. The molecule has 0 aliphatic heterocycles. The van der Waals surface area contributed by atoms with Gasteiger partial charge in [-0.1, -0.05) is 167 Å². The summed E-state index contributed by atoms with van der Waals surface area (Å²) in [7, 11) is 0. The fraction of sp³-hybridized carbons (Fsp3) is 0.857. The van der Waals surface area contributed by atoms with Crippen LogP contribution in [0.5, 0.6) is 0 Å². The summed E-state index contributed by atoms with van der Waals surface area (Å²) in [6.45, 7) is 4.55. The Labute approximate surface area is 281 Å². The first-order valence-corrected chi connectivity index (χ1v) is 20.2. The molecule has 1 atom stereocenters. The number of carbonyl (C=O) groups excluding carboxylic acids is 2. The normalized spacial score (nSPS) is 16.0. The lowest BCUT2D eigenvalue weighted by atomic mass is 9.68. The van der Waals surface area contributed by atoms with Crippen LogP contribution in [0.15, 0.2) is 24.3 Å². The maximum Gasteiger partial charge on any atom is 0.228 e. The average Bonchev–Trinajstić information content (AvgIpc) is 3.29. The highest BCUT2D eigenvalue weighted by Gasteiger charge is 2.42. The lowest BCUT2D eigenvalue weighted by Gasteiger charge is -2.34. The second-order valence-electron chi connectivity index (χ2n) is 14.5. The van der Waals surface area contributed by atoms with E-state index in [1.165, 1.54) is 141 Å². The third kappa shape index (κ3) is 21.9. The van der Waals surface area contributed by atoms with Gasteiger partial charge in [0, 0.05) is 5.41 Å². The number of primary amides is 1. The number of unbranched alkanes of at least 4 members (excludes halogenated alkanes) is 20. The molecule has 45 heavy (non-hydrogen) atoms. The van der Waals surface area contributed by atoms with Gasteiger partial charge in [0.25, 0.3) is 0 Å². The van der Waals surface area contributed by atoms with Gasteiger partial charge >= 0.3 is 0 Å². The summed E-state index contributed by atoms with van der Waals surface area (Å²) in [6, 6.07) is 0. The first kappa shape index (κ1) is 41.6. The summed E-state index contributed by atoms with van der Waals surface area (Å²) >= 11 is 0. The van der Waals surface area contributed by atoms with Crippen molar-refractivity contribution in [1.29, 1.82) is 0 Å². The highest BCUT2D eigenvalue weighted by Crippen LogP contribution is 2.43. The molecule has 2 N–H and O–H groups in total. The van der Waals surface area contributed by atoms with Crippen LogP contribution < -0.4 is 5.73 Å². The minimum Gasteiger partial charge on any atom is -0.369 e. The standard InChI is InChI=1S/C42H77NO2/c1-3-5-7-9-11-13-15-17-19-21-23-25-27-31-35-39(41(43)45)40(44)42(37-33-29-30-34-38-42)36-32-28-26-24-22-20-18-16-14-12-10-8-6-4-2/h17-20,39H,3-16,21-38H2,1-2H3,(H2,43,45)/b19-17-,20-18-. The van der Waals surface area contributed by atoms with Gasteiger partial charge < -0.3 is 5.73 Å². The number of hydrogen-bond acceptors (Lipinski definition) is 2. The van der Waals surface area contributed by atoms with Gasteiger partial charge in [-0.2, -0.15) is 0 Å². The maximum atomic E-state index is 14.0. The lowest BCUT2D eigenvalue weighted by molar-refractivity contribution is -0.140. The Hall–Kier alpha value is -1.38. The number of Topliss-reactive ketones (excluding diaryl/α,β-unsaturated/α-hetero) is 1. The quantitative estimate of drug-likeness (QED) is 0.0360. The van der Waals surface area contributed by atoms with Crippen molar-refractivity contribution in [3.05, 3.63) is 24.3 Å². The zero-order chi connectivity index (χ0) is 32.7. The van der Waals surface area contributed by atoms with Crippen molar-refractivity contribution in [3.8, 4) is 0 Å². The molecule has 0 radical (unpaired) electrons. The predicted octanol–water partition coefficient (Wildman–Crippen LogP) is 13.3. The summed E-state index contributed by atoms with van der Waals surface area (Å²) < 4.78 is 0. The van der Waals surface area contributed by atoms with E-state index in [0.29, 0.717) is 6.42 Å². The second-order valence-corrected chi connectivity index (χ2v) is 14.5. The molecule has 0 aromatic carbocycles. The first-order valence-electron chi connectivity index (χ1n) is 20.2. The fourth-order valence-corrected chi connectivity index (χ4v) is 7.40. The van der Waals surface area contributed by atoms with Crippen molar-refractivity contribution in [3.63, 3.8) is 0 Å². The van der Waals surface area contributed by atoms with E-state index in [9.17, 15) is 9.59 Å². The SMILES string of the molecule is CCCCCCCC/C=C\CCCCCCC(C(N)=O)C(=O)C1(CCCCCC/C=C\CCCCCCCC)CCCCCC1. The Balaban J connectivity index is 2.33. The van der Waals surface area contributed by atoms with Crippen LogP contribution in [0.1, 0.15) is 219 Å². The predicted molar refractivity (Wildman–Crippen MR) is 197 cm³/mol. The van der Waals surface area contributed by atoms with Crippen molar-refractivity contribution in [2.45, 2.75) is 219 Å². The molecule has 0 saturated heterocycles. The van der Waals surface area contributed by atoms with Gasteiger partial charge in [-0.3, -0.25) is 9.59 Å². The Morgan fingerprint density at radius 1 is 0.533 bits per heavy atom. The van der Waals surface area contributed by atoms with Crippen molar-refractivity contribution in [2.75, 3.05) is 0 Å². The van der Waals surface area contributed by atoms with Crippen LogP contribution in [0, 0.1) is 11.3 Å². The molecule has 0 aromatic rings. The van der Waals surface area contributed by atoms with Crippen molar-refractivity contribution in [2.24, 2.45) is 17.1 Å². The van der Waals surface area contributed by atoms with Gasteiger partial charge in [-0.15, -0.1) is 0 Å². The minimum atomic E-state index is -0.586. The number of carbonyl (C=O) groups is 2. The molecule has 3 nitrogen and oxygen atoms in total. The molecule has 3 heteroatoms. The minimum absolute atomic E-state index is 0.201. The molecule has 1 rings (SSSR count). The highest BCUT2D eigenvalue weighted by atomic mass is 16.2. The van der Waals surface area contributed by atoms with Crippen LogP contribution in [-0.2, 0) is 9.59 Å². The smallest absolute Gasteiger partial charge is 0.228 e. The van der Waals surface area contributed by atoms with E-state index in [1.807, 2.05) is 0 Å². The van der Waals surface area contributed by atoms with Gasteiger partial charge in [0.15, 0.2) is 5.78 Å². The topological polar surface area (TPSA) is 60.2 Å². The van der Waals surface area contributed by atoms with Gasteiger partial charge in [-0.25, -0.2) is 0 Å². The van der Waals surface area contributed by atoms with Crippen molar-refractivity contribution in [1.82, 2.24) is 0 Å². The number of ketones is 1. The molecule has 1 saturated carbocycles. The Kier molecular flexibility index (Phi) is 27.7. The van der Waals surface area contributed by atoms with Gasteiger partial charge in [0.1, 0.15) is 0 Å². The van der Waals surface area contributed by atoms with E-state index in [-0.39, 0.29) is 17.1 Å². The summed E-state index contributed by atoms with van der Waals surface area (Å²) in [4.78, 5) is 26.6. The van der Waals surface area contributed by atoms with Crippen LogP contribution in [0.3, 0.4) is 0 Å². The molecule has 0 heterocycles. The van der Waals surface area contributed by atoms with E-state index in [1.54, 1.807) is 0 Å². The van der Waals surface area contributed by atoms with E-state index in [4.69, 9.17) is 5.73 Å². The second kappa shape index (κ2) is 30.0. The van der Waals surface area contributed by atoms with E-state index in [2.05, 4.69) is 38.2 Å². The lowest BCUT2D eigenvalue weighted by Crippen LogP contribution is -2.41. The van der Waals surface area contributed by atoms with Gasteiger partial charge in [-0.05, 0) is 77.0 Å². The average molecular weight is 628 g/mol. The van der Waals surface area contributed by atoms with Crippen LogP contribution in [-0.4, -0.2) is 11.7 Å². The molecule has 0 spiro atoms. The zero-order valence-corrected chi connectivity index (χ0v) is 30.4. The van der Waals surface area contributed by atoms with Crippen LogP contribution in [0.2, 0.25) is 0 Å². The van der Waals surface area contributed by atoms with Gasteiger partial charge in [0.2, 0.25) is 5.91 Å². The molecule has 1 unspecified atom stereocenters. The Bertz CT molecular complexity index is 746. The first-order chi connectivity index (χ1) is 22.1. The monoisotopic (exact) mass is 628 g/mol. The molecule has 262 valence electrons. The molecular formula is C42H77NO2. The van der Waals surface area contributed by atoms with Gasteiger partial charge in [0.05, 0.1) is 5.92 Å². The highest BCUT2D eigenvalue weighted by molar-refractivity contribution is 6.03. The molecule has 1 fully saturated rings. The van der Waals surface area contributed by atoms with Crippen LogP contribution in [0.4, 0.5) is 0 Å². The number of hydrogen-bond donors (Lipinski definition) is 1. The number of nitrogens with two attached hydrogens (primary N) is 1. The number of allylic oxidation sites excluding steroid dienone is 4. The molecule has 1 aliphatic carbocycles. The van der Waals surface area contributed by atoms with Crippen molar-refractivity contribution >= 4 is 11.7 Å². The Morgan fingerprint density at radius 2 is 0.911 bits per heavy atom. The molecule has 0 bridgehead atoms. The van der Waals surface area contributed by atoms with E-state index in [0.717, 1.165) is 57.8 Å². The number of rotatable bonds is 31. The van der Waals surface area contributed by atoms with Crippen LogP contribution in [0.25, 0.3) is 0 Å². The largest absolute Gasteiger partial charge is 0.369 e. The zero-order valence-electron chi connectivity index (χ0n) is 30.4. The molecule has 1 aliphatic rings. The maximum absolute atomic E-state index is 14.0. The number of amides is 1. The summed E-state index contributed by atoms with van der Waals surface area (Å²) in [5.74, 6) is -0.766. The van der Waals surface area contributed by atoms with E-state index < -0.39 is 5.92 Å². The Morgan fingerprint density at radius 3 is 1.33 bits per heavy atom.